The number of hydrogen-bond donors (Lipinski definition) is 1. The van der Waals surface area contributed by atoms with E-state index in [0.29, 0.717) is 19.3 Å². The second kappa shape index (κ2) is 11.0. The van der Waals surface area contributed by atoms with Crippen LogP contribution in [0.25, 0.3) is 0 Å². The zero-order chi connectivity index (χ0) is 23.4. The summed E-state index contributed by atoms with van der Waals surface area (Å²) in [6, 6.07) is 0. The van der Waals surface area contributed by atoms with E-state index in [2.05, 4.69) is 26.2 Å². The van der Waals surface area contributed by atoms with Gasteiger partial charge in [0, 0.05) is 12.8 Å². The predicted molar refractivity (Wildman–Crippen MR) is 126 cm³/mol. The van der Waals surface area contributed by atoms with Gasteiger partial charge < -0.3 is 19.3 Å². The molecular weight excluding hydrogens is 404 g/mol. The van der Waals surface area contributed by atoms with Gasteiger partial charge in [0.25, 0.3) is 0 Å². The van der Waals surface area contributed by atoms with Gasteiger partial charge in [-0.25, -0.2) is 0 Å². The van der Waals surface area contributed by atoms with Gasteiger partial charge in [-0.05, 0) is 56.6 Å². The topological polar surface area (TPSA) is 68.3 Å². The van der Waals surface area contributed by atoms with Crippen LogP contribution in [0.2, 0.25) is 0 Å². The zero-order valence-electron chi connectivity index (χ0n) is 20.1. The van der Waals surface area contributed by atoms with Crippen molar-refractivity contribution in [2.45, 2.75) is 103 Å². The van der Waals surface area contributed by atoms with Crippen molar-refractivity contribution in [1.82, 2.24) is 0 Å². The first-order chi connectivity index (χ1) is 15.2. The Bertz CT molecular complexity index is 766. The van der Waals surface area contributed by atoms with Crippen LogP contribution in [-0.4, -0.2) is 47.7 Å². The third-order valence-electron chi connectivity index (χ3n) is 6.91. The maximum atomic E-state index is 12.8. The van der Waals surface area contributed by atoms with Crippen LogP contribution < -0.4 is 0 Å². The molecule has 0 aliphatic carbocycles. The fraction of sp³-hybridized carbons (Fsp3) is 0.667. The summed E-state index contributed by atoms with van der Waals surface area (Å²) in [6.45, 7) is 16.4. The standard InChI is InChI=1S/C27H40O5/c1-7-8-9-21-10-11-23-19(5)15-24(31-23)26-25(32-26)22(28)14-18(4)17(3)12-16(2)13-20(6)27(29)30-21/h7-8,12,16,20-26,28H,4-5,9-11,13-15H2,1-3,6H3/b8-7+,17-12+/t16-,20+,21+,22-,23+,24+,25-,26?/m0/s1. The number of epoxide rings is 1. The van der Waals surface area contributed by atoms with Gasteiger partial charge in [0.05, 0.1) is 24.2 Å². The average molecular weight is 445 g/mol. The molecule has 2 fully saturated rings. The van der Waals surface area contributed by atoms with Crippen molar-refractivity contribution in [2.75, 3.05) is 0 Å². The van der Waals surface area contributed by atoms with Crippen molar-refractivity contribution in [2.24, 2.45) is 11.8 Å². The Morgan fingerprint density at radius 1 is 1.16 bits per heavy atom. The van der Waals surface area contributed by atoms with Gasteiger partial charge in [-0.2, -0.15) is 0 Å². The lowest BCUT2D eigenvalue weighted by Crippen LogP contribution is -2.26. The van der Waals surface area contributed by atoms with Gasteiger partial charge in [-0.1, -0.05) is 50.8 Å². The number of fused-ring (bicyclic) bond motifs is 4. The third-order valence-corrected chi connectivity index (χ3v) is 6.91. The number of carbonyl (C=O) groups excluding carboxylic acids is 1. The van der Waals surface area contributed by atoms with Gasteiger partial charge in [-0.3, -0.25) is 4.79 Å². The summed E-state index contributed by atoms with van der Waals surface area (Å²) in [5.74, 6) is -0.134. The van der Waals surface area contributed by atoms with Crippen molar-refractivity contribution in [3.05, 3.63) is 48.1 Å². The average Bonchev–Trinajstić information content (AvgIpc) is 3.45. The van der Waals surface area contributed by atoms with E-state index in [1.807, 2.05) is 32.9 Å². The molecule has 0 amide bonds. The van der Waals surface area contributed by atoms with Gasteiger partial charge in [0.1, 0.15) is 18.3 Å². The molecule has 32 heavy (non-hydrogen) atoms. The van der Waals surface area contributed by atoms with Crippen molar-refractivity contribution in [3.8, 4) is 0 Å². The molecule has 5 heteroatoms. The summed E-state index contributed by atoms with van der Waals surface area (Å²) in [6.07, 6.45) is 9.06. The van der Waals surface area contributed by atoms with Gasteiger partial charge in [0.15, 0.2) is 0 Å². The zero-order valence-corrected chi connectivity index (χ0v) is 20.1. The summed E-state index contributed by atoms with van der Waals surface area (Å²) in [7, 11) is 0. The SMILES string of the molecule is C=C1C[C@H](O)[C@@H]2OC2[C@H]2CC(=C)[C@@H](CC[C@@H](C/C=C/C)OC(=O)[C@H](C)C[C@@H](C)/C=C/1C)O2. The van der Waals surface area contributed by atoms with Gasteiger partial charge >= 0.3 is 5.97 Å². The second-order valence-corrected chi connectivity index (χ2v) is 9.87. The molecule has 1 N–H and O–H groups in total. The van der Waals surface area contributed by atoms with Crippen LogP contribution in [0.15, 0.2) is 48.1 Å². The third kappa shape index (κ3) is 6.43. The largest absolute Gasteiger partial charge is 0.462 e. The highest BCUT2D eigenvalue weighted by Crippen LogP contribution is 2.40. The number of rotatable bonds is 2. The minimum Gasteiger partial charge on any atom is -0.462 e. The Hall–Kier alpha value is -1.69. The van der Waals surface area contributed by atoms with Crippen LogP contribution in [0.5, 0.6) is 0 Å². The normalized spacial score (nSPS) is 41.4. The number of carbonyl (C=O) groups is 1. The quantitative estimate of drug-likeness (QED) is 0.366. The number of esters is 1. The number of allylic oxidation sites excluding steroid dienone is 3. The Kier molecular flexibility index (Phi) is 8.54. The monoisotopic (exact) mass is 444 g/mol. The summed E-state index contributed by atoms with van der Waals surface area (Å²) in [5, 5.41) is 10.7. The van der Waals surface area contributed by atoms with Crippen LogP contribution in [0.4, 0.5) is 0 Å². The molecule has 3 rings (SSSR count). The van der Waals surface area contributed by atoms with E-state index >= 15 is 0 Å². The van der Waals surface area contributed by atoms with E-state index in [4.69, 9.17) is 14.2 Å². The summed E-state index contributed by atoms with van der Waals surface area (Å²) >= 11 is 0. The molecular formula is C27H40O5. The maximum Gasteiger partial charge on any atom is 0.308 e. The Morgan fingerprint density at radius 2 is 1.91 bits per heavy atom. The predicted octanol–water partition coefficient (Wildman–Crippen LogP) is 5.06. The molecule has 0 saturated carbocycles. The number of ether oxygens (including phenoxy) is 3. The minimum absolute atomic E-state index is 0.0646. The molecule has 5 nitrogen and oxygen atoms in total. The smallest absolute Gasteiger partial charge is 0.308 e. The molecule has 8 atom stereocenters. The fourth-order valence-corrected chi connectivity index (χ4v) is 4.88. The Labute approximate surface area is 193 Å². The van der Waals surface area contributed by atoms with Crippen molar-refractivity contribution in [1.29, 1.82) is 0 Å². The van der Waals surface area contributed by atoms with Crippen LogP contribution >= 0.6 is 0 Å². The van der Waals surface area contributed by atoms with Crippen LogP contribution in [0.1, 0.15) is 66.2 Å². The summed E-state index contributed by atoms with van der Waals surface area (Å²) < 4.78 is 18.0. The molecule has 1 unspecified atom stereocenters. The molecule has 0 aromatic carbocycles. The molecule has 2 bridgehead atoms. The van der Waals surface area contributed by atoms with E-state index in [9.17, 15) is 9.90 Å². The van der Waals surface area contributed by atoms with Crippen molar-refractivity contribution in [3.63, 3.8) is 0 Å². The fourth-order valence-electron chi connectivity index (χ4n) is 4.88. The molecule has 178 valence electrons. The second-order valence-electron chi connectivity index (χ2n) is 9.87. The molecule has 0 spiro atoms. The molecule has 3 heterocycles. The highest BCUT2D eigenvalue weighted by molar-refractivity contribution is 5.72. The molecule has 3 aliphatic rings. The van der Waals surface area contributed by atoms with E-state index in [1.165, 1.54) is 0 Å². The number of aliphatic hydroxyl groups excluding tert-OH is 1. The molecule has 0 radical (unpaired) electrons. The van der Waals surface area contributed by atoms with E-state index in [1.54, 1.807) is 0 Å². The lowest BCUT2D eigenvalue weighted by atomic mass is 9.92. The lowest BCUT2D eigenvalue weighted by Gasteiger charge is -2.22. The number of cyclic esters (lactones) is 1. The molecule has 0 aromatic rings. The first-order valence-electron chi connectivity index (χ1n) is 12.0. The van der Waals surface area contributed by atoms with Crippen LogP contribution in [0.3, 0.4) is 0 Å². The minimum atomic E-state index is -0.597. The Balaban J connectivity index is 1.77. The van der Waals surface area contributed by atoms with E-state index in [0.717, 1.165) is 36.0 Å². The van der Waals surface area contributed by atoms with Crippen LogP contribution in [0, 0.1) is 11.8 Å². The molecule has 3 aliphatic heterocycles. The summed E-state index contributed by atoms with van der Waals surface area (Å²) in [4.78, 5) is 12.8. The van der Waals surface area contributed by atoms with Crippen molar-refractivity contribution >= 4 is 5.97 Å². The highest BCUT2D eigenvalue weighted by atomic mass is 16.6. The highest BCUT2D eigenvalue weighted by Gasteiger charge is 2.52. The summed E-state index contributed by atoms with van der Waals surface area (Å²) in [5.41, 5.74) is 3.00. The number of aliphatic hydroxyl groups is 1. The van der Waals surface area contributed by atoms with Gasteiger partial charge in [-0.15, -0.1) is 0 Å². The van der Waals surface area contributed by atoms with E-state index in [-0.39, 0.29) is 48.3 Å². The Morgan fingerprint density at radius 3 is 2.62 bits per heavy atom. The van der Waals surface area contributed by atoms with Gasteiger partial charge in [0.2, 0.25) is 0 Å². The first kappa shape index (κ1) is 24.9. The first-order valence-corrected chi connectivity index (χ1v) is 12.0. The molecule has 0 aromatic heterocycles. The van der Waals surface area contributed by atoms with Crippen molar-refractivity contribution < 1.29 is 24.1 Å². The lowest BCUT2D eigenvalue weighted by molar-refractivity contribution is -0.154. The number of hydrogen-bond acceptors (Lipinski definition) is 5. The maximum absolute atomic E-state index is 12.8. The molecule has 2 saturated heterocycles. The van der Waals surface area contributed by atoms with Crippen LogP contribution in [-0.2, 0) is 19.0 Å². The van der Waals surface area contributed by atoms with E-state index < -0.39 is 6.10 Å².